The third kappa shape index (κ3) is 7.13. The molecule has 2 aliphatic heterocycles. The number of methoxy groups -OCH3 is 1. The number of piperidine rings is 1. The minimum absolute atomic E-state index is 0. The minimum atomic E-state index is 0. The van der Waals surface area contributed by atoms with E-state index in [0.29, 0.717) is 18.4 Å². The lowest BCUT2D eigenvalue weighted by molar-refractivity contribution is -0.132. The first kappa shape index (κ1) is 25.9. The third-order valence-corrected chi connectivity index (χ3v) is 6.94. The number of amides is 1. The molecule has 0 unspecified atom stereocenters. The molecule has 2 heterocycles. The van der Waals surface area contributed by atoms with Gasteiger partial charge in [0.05, 0.1) is 7.11 Å². The van der Waals surface area contributed by atoms with E-state index in [1.54, 1.807) is 7.11 Å². The highest BCUT2D eigenvalue weighted by Gasteiger charge is 2.23. The highest BCUT2D eigenvalue weighted by Crippen LogP contribution is 2.21. The summed E-state index contributed by atoms with van der Waals surface area (Å²) in [5.74, 6) is 1.19. The van der Waals surface area contributed by atoms with Gasteiger partial charge < -0.3 is 19.9 Å². The van der Waals surface area contributed by atoms with Crippen molar-refractivity contribution in [2.24, 2.45) is 0 Å². The van der Waals surface area contributed by atoms with Crippen molar-refractivity contribution in [3.8, 4) is 5.75 Å². The van der Waals surface area contributed by atoms with Gasteiger partial charge in [-0.1, -0.05) is 25.1 Å². The first-order valence-electron chi connectivity index (χ1n) is 12.3. The number of likely N-dealkylation sites (tertiary alicyclic amines) is 1. The first-order valence-corrected chi connectivity index (χ1v) is 12.3. The smallest absolute Gasteiger partial charge is 0.222 e. The van der Waals surface area contributed by atoms with E-state index >= 15 is 0 Å². The van der Waals surface area contributed by atoms with Crippen LogP contribution in [0.4, 0.5) is 11.4 Å². The van der Waals surface area contributed by atoms with Crippen LogP contribution in [0.2, 0.25) is 0 Å². The maximum absolute atomic E-state index is 12.7. The summed E-state index contributed by atoms with van der Waals surface area (Å²) in [5.41, 5.74) is 3.74. The fraction of sp³-hybridized carbons (Fsp3) is 0.536. The van der Waals surface area contributed by atoms with Crippen LogP contribution in [0.25, 0.3) is 0 Å². The lowest BCUT2D eigenvalue weighted by atomic mass is 10.0. The zero-order chi connectivity index (χ0) is 23.0. The molecule has 0 saturated carbocycles. The number of benzene rings is 2. The molecule has 0 aromatic heterocycles. The van der Waals surface area contributed by atoms with Gasteiger partial charge in [0.2, 0.25) is 5.91 Å². The second-order valence-corrected chi connectivity index (χ2v) is 9.30. The summed E-state index contributed by atoms with van der Waals surface area (Å²) in [4.78, 5) is 19.7. The molecule has 0 bridgehead atoms. The van der Waals surface area contributed by atoms with E-state index in [1.807, 2.05) is 12.1 Å². The molecule has 2 saturated heterocycles. The molecule has 34 heavy (non-hydrogen) atoms. The van der Waals surface area contributed by atoms with Crippen LogP contribution in [0.1, 0.15) is 38.7 Å². The van der Waals surface area contributed by atoms with Gasteiger partial charge >= 0.3 is 0 Å². The molecule has 0 radical (unpaired) electrons. The predicted molar refractivity (Wildman–Crippen MR) is 142 cm³/mol. The van der Waals surface area contributed by atoms with Crippen molar-refractivity contribution < 1.29 is 9.53 Å². The Hall–Kier alpha value is -2.73. The Morgan fingerprint density at radius 3 is 2.21 bits per heavy atom. The van der Waals surface area contributed by atoms with E-state index in [2.05, 4.69) is 63.3 Å². The summed E-state index contributed by atoms with van der Waals surface area (Å²) in [6.07, 6.45) is 3.61. The fourth-order valence-corrected chi connectivity index (χ4v) is 4.79. The van der Waals surface area contributed by atoms with Crippen molar-refractivity contribution in [3.63, 3.8) is 0 Å². The van der Waals surface area contributed by atoms with Gasteiger partial charge in [-0.25, -0.2) is 0 Å². The quantitative estimate of drug-likeness (QED) is 0.614. The maximum Gasteiger partial charge on any atom is 0.222 e. The summed E-state index contributed by atoms with van der Waals surface area (Å²) in [6.45, 7) is 9.11. The molecule has 2 fully saturated rings. The molecule has 0 spiro atoms. The van der Waals surface area contributed by atoms with Gasteiger partial charge in [0.1, 0.15) is 5.75 Å². The van der Waals surface area contributed by atoms with Gasteiger partial charge in [0.15, 0.2) is 0 Å². The molecule has 6 nitrogen and oxygen atoms in total. The number of hydrogen-bond acceptors (Lipinski definition) is 5. The van der Waals surface area contributed by atoms with Crippen molar-refractivity contribution in [1.29, 1.82) is 0 Å². The molecular weight excluding hydrogens is 424 g/mol. The summed E-state index contributed by atoms with van der Waals surface area (Å²) in [5, 5.41) is 3.59. The van der Waals surface area contributed by atoms with Crippen LogP contribution in [0.3, 0.4) is 0 Å². The van der Waals surface area contributed by atoms with E-state index in [9.17, 15) is 4.79 Å². The number of carbonyl (C=O) groups excluding carboxylic acids is 1. The van der Waals surface area contributed by atoms with Crippen LogP contribution < -0.4 is 15.0 Å². The summed E-state index contributed by atoms with van der Waals surface area (Å²) >= 11 is 0. The lowest BCUT2D eigenvalue weighted by Gasteiger charge is -2.36. The maximum atomic E-state index is 12.7. The van der Waals surface area contributed by atoms with Gasteiger partial charge in [-0.2, -0.15) is 0 Å². The number of rotatable bonds is 8. The van der Waals surface area contributed by atoms with Gasteiger partial charge in [0, 0.05) is 63.1 Å². The molecular formula is C28H42N4O2. The second kappa shape index (κ2) is 12.7. The number of carbonyl (C=O) groups is 1. The van der Waals surface area contributed by atoms with Crippen LogP contribution >= 0.6 is 0 Å². The molecule has 4 rings (SSSR count). The summed E-state index contributed by atoms with van der Waals surface area (Å²) in [7, 11) is 1.68. The third-order valence-electron chi connectivity index (χ3n) is 6.94. The van der Waals surface area contributed by atoms with E-state index in [0.717, 1.165) is 76.5 Å². The number of anilines is 2. The van der Waals surface area contributed by atoms with E-state index in [1.165, 1.54) is 11.3 Å². The normalized spacial score (nSPS) is 17.2. The van der Waals surface area contributed by atoms with Crippen molar-refractivity contribution in [1.82, 2.24) is 9.80 Å². The number of hydrogen-bond donors (Lipinski definition) is 1. The molecule has 1 amide bonds. The van der Waals surface area contributed by atoms with E-state index in [-0.39, 0.29) is 7.43 Å². The van der Waals surface area contributed by atoms with E-state index < -0.39 is 0 Å². The summed E-state index contributed by atoms with van der Waals surface area (Å²) in [6, 6.07) is 17.3. The predicted octanol–water partition coefficient (Wildman–Crippen LogP) is 4.65. The van der Waals surface area contributed by atoms with Gasteiger partial charge in [-0.05, 0) is 69.1 Å². The molecule has 6 heteroatoms. The lowest BCUT2D eigenvalue weighted by Crippen LogP contribution is -2.47. The van der Waals surface area contributed by atoms with Crippen molar-refractivity contribution in [2.45, 2.75) is 46.1 Å². The second-order valence-electron chi connectivity index (χ2n) is 9.30. The zero-order valence-electron chi connectivity index (χ0n) is 20.1. The molecule has 2 aromatic rings. The van der Waals surface area contributed by atoms with Crippen LogP contribution in [0.15, 0.2) is 48.5 Å². The van der Waals surface area contributed by atoms with Crippen LogP contribution in [0, 0.1) is 6.92 Å². The Kier molecular flexibility index (Phi) is 9.63. The average Bonchev–Trinajstić information content (AvgIpc) is 2.86. The molecule has 0 atom stereocenters. The number of piperazine rings is 1. The Labute approximate surface area is 205 Å². The summed E-state index contributed by atoms with van der Waals surface area (Å²) < 4.78 is 5.22. The topological polar surface area (TPSA) is 48.1 Å². The standard InChI is InChI=1S/C27H38N4O2.CH4/c1-22-5-9-25(10-6-22)30-20-18-29(19-21-30)15-3-4-27(32)31-16-13-24(14-17-31)28-23-7-11-26(33-2)12-8-23;/h5-12,24,28H,3-4,13-21H2,1-2H3;1H4. The minimum Gasteiger partial charge on any atom is -0.497 e. The van der Waals surface area contributed by atoms with Crippen LogP contribution in [-0.2, 0) is 4.79 Å². The average molecular weight is 467 g/mol. The highest BCUT2D eigenvalue weighted by molar-refractivity contribution is 5.76. The molecule has 2 aliphatic rings. The monoisotopic (exact) mass is 466 g/mol. The molecule has 1 N–H and O–H groups in total. The number of ether oxygens (including phenoxy) is 1. The Morgan fingerprint density at radius 1 is 0.941 bits per heavy atom. The Morgan fingerprint density at radius 2 is 1.59 bits per heavy atom. The first-order chi connectivity index (χ1) is 16.1. The van der Waals surface area contributed by atoms with Gasteiger partial charge in [-0.15, -0.1) is 0 Å². The van der Waals surface area contributed by atoms with Crippen molar-refractivity contribution in [2.75, 3.05) is 63.1 Å². The number of nitrogens with one attached hydrogen (secondary N) is 1. The van der Waals surface area contributed by atoms with Gasteiger partial charge in [-0.3, -0.25) is 9.69 Å². The van der Waals surface area contributed by atoms with Crippen LogP contribution in [-0.4, -0.2) is 74.7 Å². The zero-order valence-corrected chi connectivity index (χ0v) is 20.1. The highest BCUT2D eigenvalue weighted by atomic mass is 16.5. The fourth-order valence-electron chi connectivity index (χ4n) is 4.79. The SMILES string of the molecule is C.COc1ccc(NC2CCN(C(=O)CCCN3CCN(c4ccc(C)cc4)CC3)CC2)cc1. The number of aryl methyl sites for hydroxylation is 1. The number of nitrogens with zero attached hydrogens (tertiary/aromatic N) is 3. The molecule has 2 aromatic carbocycles. The largest absolute Gasteiger partial charge is 0.497 e. The Bertz CT molecular complexity index is 868. The van der Waals surface area contributed by atoms with Crippen molar-refractivity contribution >= 4 is 17.3 Å². The molecule has 0 aliphatic carbocycles. The van der Waals surface area contributed by atoms with E-state index in [4.69, 9.17) is 4.74 Å². The molecule has 186 valence electrons. The van der Waals surface area contributed by atoms with Gasteiger partial charge in [0.25, 0.3) is 0 Å². The Balaban J connectivity index is 0.00000324. The van der Waals surface area contributed by atoms with Crippen molar-refractivity contribution in [3.05, 3.63) is 54.1 Å². The van der Waals surface area contributed by atoms with Crippen LogP contribution in [0.5, 0.6) is 5.75 Å².